The van der Waals surface area contributed by atoms with E-state index in [0.717, 1.165) is 36.9 Å². The van der Waals surface area contributed by atoms with Crippen LogP contribution in [0.5, 0.6) is 5.75 Å². The third-order valence-electron chi connectivity index (χ3n) is 5.56. The second kappa shape index (κ2) is 12.5. The molecular weight excluding hydrogens is 408 g/mol. The number of ether oxygens (including phenoxy) is 1. The van der Waals surface area contributed by atoms with Gasteiger partial charge in [-0.25, -0.2) is 0 Å². The van der Waals surface area contributed by atoms with Crippen molar-refractivity contribution in [1.82, 2.24) is 15.5 Å². The monoisotopic (exact) mass is 442 g/mol. The fourth-order valence-electron chi connectivity index (χ4n) is 3.96. The summed E-state index contributed by atoms with van der Waals surface area (Å²) in [7, 11) is 2.59. The Labute approximate surface area is 188 Å². The van der Waals surface area contributed by atoms with Gasteiger partial charge in [0, 0.05) is 48.0 Å². The molecule has 3 rings (SSSR count). The molecule has 168 valence electrons. The van der Waals surface area contributed by atoms with Gasteiger partial charge in [-0.05, 0) is 37.6 Å². The highest BCUT2D eigenvalue weighted by atomic mass is 32.2. The number of rotatable bonds is 10. The van der Waals surface area contributed by atoms with Crippen LogP contribution in [0.1, 0.15) is 30.0 Å². The van der Waals surface area contributed by atoms with Crippen LogP contribution >= 0.6 is 0 Å². The maximum Gasteiger partial charge on any atom is 0.191 e. The second-order valence-corrected chi connectivity index (χ2v) is 9.23. The van der Waals surface area contributed by atoms with E-state index in [4.69, 9.17) is 4.74 Å². The molecule has 1 aliphatic rings. The molecule has 1 heterocycles. The number of methoxy groups -OCH3 is 1. The maximum atomic E-state index is 12.4. The van der Waals surface area contributed by atoms with Gasteiger partial charge in [0.1, 0.15) is 5.75 Å². The van der Waals surface area contributed by atoms with Crippen molar-refractivity contribution >= 4 is 16.8 Å². The van der Waals surface area contributed by atoms with Gasteiger partial charge in [0.25, 0.3) is 0 Å². The Bertz CT molecular complexity index is 854. The second-order valence-electron chi connectivity index (χ2n) is 7.65. The highest BCUT2D eigenvalue weighted by Gasteiger charge is 2.26. The Morgan fingerprint density at radius 3 is 2.52 bits per heavy atom. The van der Waals surface area contributed by atoms with Gasteiger partial charge in [0.05, 0.1) is 13.2 Å². The van der Waals surface area contributed by atoms with Crippen LogP contribution < -0.4 is 15.4 Å². The zero-order valence-electron chi connectivity index (χ0n) is 18.5. The summed E-state index contributed by atoms with van der Waals surface area (Å²) >= 11 is 0. The molecule has 0 aromatic heterocycles. The molecule has 1 saturated heterocycles. The summed E-state index contributed by atoms with van der Waals surface area (Å²) in [4.78, 5) is 6.86. The predicted octanol–water partition coefficient (Wildman–Crippen LogP) is 2.95. The number of nitrogens with one attached hydrogen (secondary N) is 2. The first kappa shape index (κ1) is 23.3. The van der Waals surface area contributed by atoms with E-state index in [1.165, 1.54) is 18.4 Å². The van der Waals surface area contributed by atoms with Crippen molar-refractivity contribution in [2.45, 2.75) is 24.6 Å². The van der Waals surface area contributed by atoms with Gasteiger partial charge in [-0.3, -0.25) is 14.1 Å². The summed E-state index contributed by atoms with van der Waals surface area (Å²) in [6, 6.07) is 18.4. The van der Waals surface area contributed by atoms with Crippen LogP contribution in [0.2, 0.25) is 0 Å². The van der Waals surface area contributed by atoms with Gasteiger partial charge in [-0.15, -0.1) is 0 Å². The van der Waals surface area contributed by atoms with E-state index in [9.17, 15) is 4.21 Å². The SMILES string of the molecule is CN=C(NCCS(=O)Cc1ccccc1)NCC(c1ccccc1OC)N1CCCC1. The van der Waals surface area contributed by atoms with Crippen LogP contribution in [0.15, 0.2) is 59.6 Å². The maximum absolute atomic E-state index is 12.4. The lowest BCUT2D eigenvalue weighted by Gasteiger charge is -2.30. The first-order chi connectivity index (χ1) is 15.2. The van der Waals surface area contributed by atoms with Gasteiger partial charge in [-0.2, -0.15) is 0 Å². The molecule has 1 aliphatic heterocycles. The van der Waals surface area contributed by atoms with Crippen LogP contribution in [-0.4, -0.2) is 61.2 Å². The number of benzene rings is 2. The lowest BCUT2D eigenvalue weighted by Crippen LogP contribution is -2.43. The molecule has 2 aromatic carbocycles. The molecule has 0 saturated carbocycles. The number of aliphatic imine (C=N–C) groups is 1. The minimum atomic E-state index is -0.908. The number of guanidine groups is 1. The molecule has 2 N–H and O–H groups in total. The topological polar surface area (TPSA) is 66.0 Å². The van der Waals surface area contributed by atoms with E-state index in [-0.39, 0.29) is 6.04 Å². The molecule has 6 nitrogen and oxygen atoms in total. The highest BCUT2D eigenvalue weighted by Crippen LogP contribution is 2.31. The molecule has 0 bridgehead atoms. The Hall–Kier alpha value is -2.38. The highest BCUT2D eigenvalue weighted by molar-refractivity contribution is 7.84. The molecule has 0 radical (unpaired) electrons. The zero-order valence-corrected chi connectivity index (χ0v) is 19.4. The van der Waals surface area contributed by atoms with Crippen molar-refractivity contribution < 1.29 is 8.95 Å². The summed E-state index contributed by atoms with van der Waals surface area (Å²) in [6.45, 7) is 3.53. The van der Waals surface area contributed by atoms with Crippen molar-refractivity contribution in [2.75, 3.05) is 46.1 Å². The van der Waals surface area contributed by atoms with Crippen molar-refractivity contribution in [2.24, 2.45) is 4.99 Å². The lowest BCUT2D eigenvalue weighted by molar-refractivity contribution is 0.239. The summed E-state index contributed by atoms with van der Waals surface area (Å²) in [6.07, 6.45) is 2.46. The summed E-state index contributed by atoms with van der Waals surface area (Å²) in [5.74, 6) is 2.81. The molecule has 2 unspecified atom stereocenters. The molecule has 1 fully saturated rings. The number of likely N-dealkylation sites (tertiary alicyclic amines) is 1. The van der Waals surface area contributed by atoms with E-state index in [2.05, 4.69) is 32.7 Å². The van der Waals surface area contributed by atoms with Crippen LogP contribution in [-0.2, 0) is 16.6 Å². The van der Waals surface area contributed by atoms with Gasteiger partial charge in [0.15, 0.2) is 5.96 Å². The lowest BCUT2D eigenvalue weighted by atomic mass is 10.0. The third kappa shape index (κ3) is 7.08. The van der Waals surface area contributed by atoms with Gasteiger partial charge in [-0.1, -0.05) is 48.5 Å². The Balaban J connectivity index is 1.53. The van der Waals surface area contributed by atoms with E-state index >= 15 is 0 Å². The average Bonchev–Trinajstić information content (AvgIpc) is 3.33. The quantitative estimate of drug-likeness (QED) is 0.438. The van der Waals surface area contributed by atoms with Gasteiger partial charge < -0.3 is 15.4 Å². The zero-order chi connectivity index (χ0) is 21.9. The van der Waals surface area contributed by atoms with Crippen molar-refractivity contribution in [3.05, 3.63) is 65.7 Å². The van der Waals surface area contributed by atoms with Gasteiger partial charge >= 0.3 is 0 Å². The molecule has 0 amide bonds. The summed E-state index contributed by atoms with van der Waals surface area (Å²) < 4.78 is 18.0. The Morgan fingerprint density at radius 1 is 1.10 bits per heavy atom. The van der Waals surface area contributed by atoms with Crippen LogP contribution in [0.4, 0.5) is 0 Å². The standard InChI is InChI=1S/C24H34N4O2S/c1-25-24(26-14-17-31(29)19-20-10-4-3-5-11-20)27-18-22(28-15-8-9-16-28)21-12-6-7-13-23(21)30-2/h3-7,10-13,22H,8-9,14-19H2,1-2H3,(H2,25,26,27). The predicted molar refractivity (Wildman–Crippen MR) is 129 cm³/mol. The van der Waals surface area contributed by atoms with E-state index < -0.39 is 10.8 Å². The van der Waals surface area contributed by atoms with E-state index in [1.807, 2.05) is 42.5 Å². The van der Waals surface area contributed by atoms with Crippen LogP contribution in [0, 0.1) is 0 Å². The van der Waals surface area contributed by atoms with Crippen LogP contribution in [0.3, 0.4) is 0 Å². The smallest absolute Gasteiger partial charge is 0.191 e. The van der Waals surface area contributed by atoms with Crippen molar-refractivity contribution in [3.63, 3.8) is 0 Å². The minimum Gasteiger partial charge on any atom is -0.496 e. The summed E-state index contributed by atoms with van der Waals surface area (Å²) in [5.41, 5.74) is 2.30. The minimum absolute atomic E-state index is 0.212. The van der Waals surface area contributed by atoms with E-state index in [0.29, 0.717) is 18.1 Å². The number of nitrogens with zero attached hydrogens (tertiary/aromatic N) is 2. The normalized spacial score (nSPS) is 16.6. The fourth-order valence-corrected chi connectivity index (χ4v) is 5.00. The molecule has 0 aliphatic carbocycles. The van der Waals surface area contributed by atoms with Crippen molar-refractivity contribution in [1.29, 1.82) is 0 Å². The largest absolute Gasteiger partial charge is 0.496 e. The Kier molecular flexibility index (Phi) is 9.37. The molecule has 0 spiro atoms. The summed E-state index contributed by atoms with van der Waals surface area (Å²) in [5, 5.41) is 6.77. The van der Waals surface area contributed by atoms with Gasteiger partial charge in [0.2, 0.25) is 0 Å². The fraction of sp³-hybridized carbons (Fsp3) is 0.458. The Morgan fingerprint density at radius 2 is 1.81 bits per heavy atom. The molecule has 31 heavy (non-hydrogen) atoms. The number of para-hydroxylation sites is 1. The van der Waals surface area contributed by atoms with Crippen LogP contribution in [0.25, 0.3) is 0 Å². The first-order valence-corrected chi connectivity index (χ1v) is 12.4. The first-order valence-electron chi connectivity index (χ1n) is 10.9. The number of hydrogen-bond donors (Lipinski definition) is 2. The van der Waals surface area contributed by atoms with E-state index in [1.54, 1.807) is 14.2 Å². The molecule has 2 aromatic rings. The van der Waals surface area contributed by atoms with Crippen molar-refractivity contribution in [3.8, 4) is 5.75 Å². The molecule has 2 atom stereocenters. The average molecular weight is 443 g/mol. The number of hydrogen-bond acceptors (Lipinski definition) is 4. The molecular formula is C24H34N4O2S. The third-order valence-corrected chi connectivity index (χ3v) is 6.87. The molecule has 7 heteroatoms.